The predicted molar refractivity (Wildman–Crippen MR) is 217 cm³/mol. The van der Waals surface area contributed by atoms with Crippen molar-refractivity contribution in [1.82, 2.24) is 0 Å². The Morgan fingerprint density at radius 3 is 1.86 bits per heavy atom. The van der Waals surface area contributed by atoms with Gasteiger partial charge < -0.3 is 4.90 Å². The molecule has 0 fully saturated rings. The molecule has 0 saturated heterocycles. The molecule has 2 unspecified atom stereocenters. The lowest BCUT2D eigenvalue weighted by molar-refractivity contribution is 0.722. The third kappa shape index (κ3) is 5.84. The van der Waals surface area contributed by atoms with E-state index in [-0.39, 0.29) is 5.92 Å². The summed E-state index contributed by atoms with van der Waals surface area (Å²) < 4.78 is 0. The molecule has 1 heteroatoms. The second-order valence-corrected chi connectivity index (χ2v) is 13.8. The molecule has 0 aliphatic heterocycles. The van der Waals surface area contributed by atoms with Gasteiger partial charge in [0, 0.05) is 23.0 Å². The molecule has 0 amide bonds. The summed E-state index contributed by atoms with van der Waals surface area (Å²) in [6.07, 6.45) is 22.8. The van der Waals surface area contributed by atoms with Crippen LogP contribution < -0.4 is 4.90 Å². The average Bonchev–Trinajstić information content (AvgIpc) is 3.16. The van der Waals surface area contributed by atoms with Gasteiger partial charge in [0.2, 0.25) is 0 Å². The van der Waals surface area contributed by atoms with Crippen molar-refractivity contribution >= 4 is 43.6 Å². The molecule has 0 spiro atoms. The number of hydrogen-bond acceptors (Lipinski definition) is 1. The molecule has 0 N–H and O–H groups in total. The third-order valence-corrected chi connectivity index (χ3v) is 10.4. The van der Waals surface area contributed by atoms with Crippen LogP contribution in [0.2, 0.25) is 0 Å². The molecule has 1 nitrogen and oxygen atoms in total. The van der Waals surface area contributed by atoms with Crippen LogP contribution >= 0.6 is 0 Å². The van der Waals surface area contributed by atoms with Crippen molar-refractivity contribution in [2.75, 3.05) is 4.90 Å². The Hall–Kier alpha value is -5.66. The van der Waals surface area contributed by atoms with Gasteiger partial charge in [0.1, 0.15) is 0 Å². The number of hydrogen-bond donors (Lipinski definition) is 0. The molecule has 2 aliphatic carbocycles. The molecule has 8 rings (SSSR count). The number of aryl methyl sites for hydroxylation is 1. The topological polar surface area (TPSA) is 3.24 Å². The zero-order valence-corrected chi connectivity index (χ0v) is 29.2. The van der Waals surface area contributed by atoms with Gasteiger partial charge in [-0.05, 0) is 110 Å². The van der Waals surface area contributed by atoms with E-state index in [0.29, 0.717) is 5.92 Å². The van der Waals surface area contributed by atoms with E-state index in [2.05, 4.69) is 196 Å². The van der Waals surface area contributed by atoms with Crippen LogP contribution in [0, 0.1) is 18.8 Å². The van der Waals surface area contributed by atoms with Crippen molar-refractivity contribution in [3.05, 3.63) is 192 Å². The summed E-state index contributed by atoms with van der Waals surface area (Å²) in [5.41, 5.74) is 10.2. The van der Waals surface area contributed by atoms with Crippen LogP contribution in [0.25, 0.3) is 49.0 Å². The summed E-state index contributed by atoms with van der Waals surface area (Å²) in [5.74, 6) is 0.737. The number of para-hydroxylation sites is 1. The van der Waals surface area contributed by atoms with Crippen LogP contribution in [-0.4, -0.2) is 0 Å². The fraction of sp³-hybridized carbons (Fsp3) is 0.143. The van der Waals surface area contributed by atoms with E-state index in [9.17, 15) is 0 Å². The van der Waals surface area contributed by atoms with Crippen molar-refractivity contribution < 1.29 is 0 Å². The van der Waals surface area contributed by atoms with E-state index in [0.717, 1.165) is 12.8 Å². The smallest absolute Gasteiger partial charge is 0.0458 e. The van der Waals surface area contributed by atoms with Gasteiger partial charge in [0.05, 0.1) is 0 Å². The van der Waals surface area contributed by atoms with Crippen molar-refractivity contribution in [1.29, 1.82) is 0 Å². The number of nitrogens with zero attached hydrogens (tertiary/aromatic N) is 1. The van der Waals surface area contributed by atoms with Gasteiger partial charge in [-0.25, -0.2) is 0 Å². The minimum atomic E-state index is 0.190. The Balaban J connectivity index is 1.39. The summed E-state index contributed by atoms with van der Waals surface area (Å²) in [7, 11) is 0. The lowest BCUT2D eigenvalue weighted by atomic mass is 9.83. The molecule has 6 aromatic rings. The highest BCUT2D eigenvalue weighted by molar-refractivity contribution is 6.21. The Morgan fingerprint density at radius 1 is 0.580 bits per heavy atom. The monoisotopic (exact) mass is 645 g/mol. The quantitative estimate of drug-likeness (QED) is 0.169. The Labute approximate surface area is 296 Å². The molecular weight excluding hydrogens is 603 g/mol. The van der Waals surface area contributed by atoms with Crippen molar-refractivity contribution in [2.24, 2.45) is 11.8 Å². The number of anilines is 1. The SMILES string of the molecule is Cc1ccc(-c2c3ccccc3c(/C3=C/C=C(/N(C4=CCC(C)C=C4)c4ccccc4)C(C)/C=C\C=C/C3)c3ccccc23)c2ccccc12. The van der Waals surface area contributed by atoms with Gasteiger partial charge in [0.15, 0.2) is 0 Å². The predicted octanol–water partition coefficient (Wildman–Crippen LogP) is 13.5. The molecular formula is C49H43N. The summed E-state index contributed by atoms with van der Waals surface area (Å²) >= 11 is 0. The molecule has 50 heavy (non-hydrogen) atoms. The summed E-state index contributed by atoms with van der Waals surface area (Å²) in [5, 5.41) is 7.74. The first-order valence-electron chi connectivity index (χ1n) is 18.0. The van der Waals surface area contributed by atoms with Gasteiger partial charge in [-0.2, -0.15) is 0 Å². The van der Waals surface area contributed by atoms with Crippen molar-refractivity contribution in [3.63, 3.8) is 0 Å². The zero-order chi connectivity index (χ0) is 34.0. The molecule has 2 aliphatic rings. The van der Waals surface area contributed by atoms with Crippen LogP contribution in [0.1, 0.15) is 37.8 Å². The second-order valence-electron chi connectivity index (χ2n) is 13.8. The number of allylic oxidation sites excluding steroid dienone is 10. The fourth-order valence-electron chi connectivity index (χ4n) is 7.81. The summed E-state index contributed by atoms with van der Waals surface area (Å²) in [6, 6.07) is 42.3. The molecule has 6 aromatic carbocycles. The van der Waals surface area contributed by atoms with Gasteiger partial charge in [-0.3, -0.25) is 0 Å². The standard InChI is InChI=1S/C49H43N/c1-34-26-30-39(31-27-34)50(38-18-8-5-9-19-38)47-33-29-37(17-7-4-6-16-36(47)3)48-42-22-12-14-24-44(42)49(45-25-15-13-23-43(45)48)46-32-28-35(2)40-20-10-11-21-41(40)46/h4-16,18-26,28-34,36H,17,27H2,1-3H3/b7-4-,16-6-,37-29+,47-33+. The molecule has 0 heterocycles. The van der Waals surface area contributed by atoms with Gasteiger partial charge in [-0.15, -0.1) is 0 Å². The fourth-order valence-corrected chi connectivity index (χ4v) is 7.81. The maximum absolute atomic E-state index is 2.46. The lowest BCUT2D eigenvalue weighted by Crippen LogP contribution is -2.25. The molecule has 0 aromatic heterocycles. The maximum Gasteiger partial charge on any atom is 0.0458 e. The number of benzene rings is 6. The van der Waals surface area contributed by atoms with Crippen LogP contribution in [-0.2, 0) is 0 Å². The van der Waals surface area contributed by atoms with E-state index in [1.165, 1.54) is 77.2 Å². The van der Waals surface area contributed by atoms with E-state index in [4.69, 9.17) is 0 Å². The highest BCUT2D eigenvalue weighted by Crippen LogP contribution is 2.45. The molecule has 0 bridgehead atoms. The Kier molecular flexibility index (Phi) is 8.65. The van der Waals surface area contributed by atoms with E-state index in [1.807, 2.05) is 0 Å². The third-order valence-electron chi connectivity index (χ3n) is 10.4. The largest absolute Gasteiger partial charge is 0.314 e. The highest BCUT2D eigenvalue weighted by Gasteiger charge is 2.22. The first-order chi connectivity index (χ1) is 24.6. The average molecular weight is 646 g/mol. The highest BCUT2D eigenvalue weighted by atomic mass is 15.2. The van der Waals surface area contributed by atoms with Crippen LogP contribution in [0.4, 0.5) is 5.69 Å². The Bertz CT molecular complexity index is 2360. The van der Waals surface area contributed by atoms with Gasteiger partial charge in [0.25, 0.3) is 0 Å². The molecule has 0 radical (unpaired) electrons. The summed E-state index contributed by atoms with van der Waals surface area (Å²) in [6.45, 7) is 6.80. The maximum atomic E-state index is 2.46. The van der Waals surface area contributed by atoms with E-state index < -0.39 is 0 Å². The normalized spacial score (nSPS) is 21.2. The van der Waals surface area contributed by atoms with Crippen molar-refractivity contribution in [2.45, 2.75) is 33.6 Å². The summed E-state index contributed by atoms with van der Waals surface area (Å²) in [4.78, 5) is 2.46. The van der Waals surface area contributed by atoms with Crippen LogP contribution in [0.5, 0.6) is 0 Å². The minimum absolute atomic E-state index is 0.190. The van der Waals surface area contributed by atoms with E-state index in [1.54, 1.807) is 0 Å². The first-order valence-corrected chi connectivity index (χ1v) is 18.0. The van der Waals surface area contributed by atoms with Gasteiger partial charge >= 0.3 is 0 Å². The zero-order valence-electron chi connectivity index (χ0n) is 29.2. The molecule has 2 atom stereocenters. The number of rotatable bonds is 5. The van der Waals surface area contributed by atoms with Crippen molar-refractivity contribution in [3.8, 4) is 11.1 Å². The van der Waals surface area contributed by atoms with E-state index >= 15 is 0 Å². The molecule has 244 valence electrons. The van der Waals surface area contributed by atoms with Gasteiger partial charge in [-0.1, -0.05) is 160 Å². The molecule has 0 saturated carbocycles. The van der Waals surface area contributed by atoms with Crippen LogP contribution in [0.3, 0.4) is 0 Å². The van der Waals surface area contributed by atoms with Crippen LogP contribution in [0.15, 0.2) is 181 Å². The minimum Gasteiger partial charge on any atom is -0.314 e. The second kappa shape index (κ2) is 13.7. The number of fused-ring (bicyclic) bond motifs is 3. The lowest BCUT2D eigenvalue weighted by Gasteiger charge is -2.33. The first kappa shape index (κ1) is 31.6. The Morgan fingerprint density at radius 2 is 1.20 bits per heavy atom.